The minimum absolute atomic E-state index is 0.311. The summed E-state index contributed by atoms with van der Waals surface area (Å²) in [6.45, 7) is -0.441. The van der Waals surface area contributed by atoms with Gasteiger partial charge in [-0.15, -0.1) is 0 Å². The Morgan fingerprint density at radius 1 is 1.09 bits per heavy atom. The van der Waals surface area contributed by atoms with Crippen LogP contribution in [0.25, 0.3) is 0 Å². The highest BCUT2D eigenvalue weighted by molar-refractivity contribution is 6.31. The average molecular weight is 492 g/mol. The maximum absolute atomic E-state index is 13.3. The van der Waals surface area contributed by atoms with Crippen molar-refractivity contribution in [2.24, 2.45) is 0 Å². The number of rotatable bonds is 6. The van der Waals surface area contributed by atoms with Crippen LogP contribution >= 0.6 is 11.6 Å². The van der Waals surface area contributed by atoms with Gasteiger partial charge >= 0.3 is 6.03 Å². The van der Waals surface area contributed by atoms with Crippen LogP contribution in [0.2, 0.25) is 5.02 Å². The Morgan fingerprint density at radius 3 is 2.60 bits per heavy atom. The van der Waals surface area contributed by atoms with Gasteiger partial charge in [-0.2, -0.15) is 0 Å². The van der Waals surface area contributed by atoms with Crippen LogP contribution in [-0.4, -0.2) is 36.4 Å². The van der Waals surface area contributed by atoms with Crippen LogP contribution in [0.5, 0.6) is 17.2 Å². The van der Waals surface area contributed by atoms with Crippen LogP contribution in [0.15, 0.2) is 66.7 Å². The minimum atomic E-state index is -1.12. The van der Waals surface area contributed by atoms with E-state index in [1.165, 1.54) is 0 Å². The molecule has 3 aromatic rings. The quantitative estimate of drug-likeness (QED) is 0.496. The molecule has 1 aliphatic carbocycles. The van der Waals surface area contributed by atoms with Gasteiger partial charge in [0.25, 0.3) is 5.91 Å². The lowest BCUT2D eigenvalue weighted by atomic mass is 9.92. The zero-order chi connectivity index (χ0) is 24.6. The number of aryl methyl sites for hydroxylation is 1. The van der Waals surface area contributed by atoms with Gasteiger partial charge in [0.15, 0.2) is 5.75 Å². The van der Waals surface area contributed by atoms with Crippen LogP contribution in [0.1, 0.15) is 17.5 Å². The van der Waals surface area contributed by atoms with Gasteiger partial charge in [0.2, 0.25) is 5.91 Å². The third-order valence-corrected chi connectivity index (χ3v) is 6.46. The number of benzene rings is 3. The van der Waals surface area contributed by atoms with Crippen molar-refractivity contribution in [1.82, 2.24) is 10.2 Å². The lowest BCUT2D eigenvalue weighted by Gasteiger charge is -2.22. The molecule has 2 N–H and O–H groups in total. The molecule has 1 spiro atoms. The van der Waals surface area contributed by atoms with Crippen molar-refractivity contribution in [2.75, 3.05) is 19.0 Å². The summed E-state index contributed by atoms with van der Waals surface area (Å²) < 4.78 is 11.1. The first kappa shape index (κ1) is 22.7. The van der Waals surface area contributed by atoms with Crippen LogP contribution in [-0.2, 0) is 21.5 Å². The number of hydrogen-bond acceptors (Lipinski definition) is 5. The van der Waals surface area contributed by atoms with Crippen molar-refractivity contribution in [1.29, 1.82) is 0 Å². The number of halogens is 1. The number of methoxy groups -OCH3 is 1. The van der Waals surface area contributed by atoms with Crippen molar-refractivity contribution in [3.05, 3.63) is 82.9 Å². The third kappa shape index (κ3) is 4.17. The molecule has 1 fully saturated rings. The Hall–Kier alpha value is -4.04. The lowest BCUT2D eigenvalue weighted by Crippen LogP contribution is -2.43. The molecule has 0 saturated carbocycles. The van der Waals surface area contributed by atoms with Crippen LogP contribution in [0, 0.1) is 0 Å². The number of nitrogens with zero attached hydrogens (tertiary/aromatic N) is 1. The molecule has 178 valence electrons. The number of hydrogen-bond donors (Lipinski definition) is 2. The second-order valence-corrected chi connectivity index (χ2v) is 8.79. The predicted molar refractivity (Wildman–Crippen MR) is 130 cm³/mol. The molecule has 3 aromatic carbocycles. The number of carbonyl (C=O) groups excluding carboxylic acids is 3. The first-order valence-electron chi connectivity index (χ1n) is 11.0. The van der Waals surface area contributed by atoms with Gasteiger partial charge in [0.1, 0.15) is 23.6 Å². The largest absolute Gasteiger partial charge is 0.497 e. The van der Waals surface area contributed by atoms with Crippen molar-refractivity contribution in [2.45, 2.75) is 18.4 Å². The highest BCUT2D eigenvalue weighted by atomic mass is 35.5. The molecule has 0 radical (unpaired) electrons. The van der Waals surface area contributed by atoms with Crippen LogP contribution in [0.3, 0.4) is 0 Å². The highest BCUT2D eigenvalue weighted by Crippen LogP contribution is 2.41. The van der Waals surface area contributed by atoms with E-state index < -0.39 is 29.9 Å². The zero-order valence-corrected chi connectivity index (χ0v) is 19.6. The lowest BCUT2D eigenvalue weighted by molar-refractivity contribution is -0.134. The SMILES string of the molecule is COc1ccc(Oc2ccc(Cl)cc2NC(=O)CN2C(=O)NC3(CCc4ccccc43)C2=O)cc1. The molecule has 1 heterocycles. The molecule has 1 saturated heterocycles. The molecule has 9 heteroatoms. The fourth-order valence-corrected chi connectivity index (χ4v) is 4.70. The van der Waals surface area contributed by atoms with Crippen LogP contribution in [0.4, 0.5) is 10.5 Å². The summed E-state index contributed by atoms with van der Waals surface area (Å²) >= 11 is 6.14. The first-order valence-corrected chi connectivity index (χ1v) is 11.4. The molecular formula is C26H22ClN3O5. The Bertz CT molecular complexity index is 1330. The summed E-state index contributed by atoms with van der Waals surface area (Å²) in [7, 11) is 1.57. The number of ether oxygens (including phenoxy) is 2. The van der Waals surface area contributed by atoms with Gasteiger partial charge in [-0.1, -0.05) is 35.9 Å². The van der Waals surface area contributed by atoms with E-state index in [0.717, 1.165) is 16.0 Å². The van der Waals surface area contributed by atoms with Gasteiger partial charge in [-0.05, 0) is 66.4 Å². The summed E-state index contributed by atoms with van der Waals surface area (Å²) in [6.07, 6.45) is 1.14. The second kappa shape index (κ2) is 8.96. The Kier molecular flexibility index (Phi) is 5.82. The number of carbonyl (C=O) groups is 3. The summed E-state index contributed by atoms with van der Waals surface area (Å²) in [4.78, 5) is 39.9. The molecule has 0 bridgehead atoms. The predicted octanol–water partition coefficient (Wildman–Crippen LogP) is 4.47. The molecular weight excluding hydrogens is 470 g/mol. The normalized spacial score (nSPS) is 18.4. The summed E-state index contributed by atoms with van der Waals surface area (Å²) in [6, 6.07) is 18.7. The van der Waals surface area contributed by atoms with E-state index in [1.807, 2.05) is 24.3 Å². The van der Waals surface area contributed by atoms with E-state index in [4.69, 9.17) is 21.1 Å². The summed E-state index contributed by atoms with van der Waals surface area (Å²) in [5, 5.41) is 5.92. The third-order valence-electron chi connectivity index (χ3n) is 6.23. The molecule has 8 nitrogen and oxygen atoms in total. The van der Waals surface area contributed by atoms with E-state index in [9.17, 15) is 14.4 Å². The smallest absolute Gasteiger partial charge is 0.325 e. The average Bonchev–Trinajstić information content (AvgIpc) is 3.34. The molecule has 4 amide bonds. The number of fused-ring (bicyclic) bond motifs is 2. The van der Waals surface area contributed by atoms with E-state index in [0.29, 0.717) is 40.8 Å². The number of amides is 4. The van der Waals surface area contributed by atoms with Crippen molar-refractivity contribution in [3.8, 4) is 17.2 Å². The standard InChI is InChI=1S/C26H22ClN3O5/c1-34-18-7-9-19(10-8-18)35-22-11-6-17(27)14-21(22)28-23(31)15-30-24(32)26(29-25(30)33)13-12-16-4-2-3-5-20(16)26/h2-11,14H,12-13,15H2,1H3,(H,28,31)(H,29,33). The molecule has 0 aromatic heterocycles. The second-order valence-electron chi connectivity index (χ2n) is 8.35. The fraction of sp³-hybridized carbons (Fsp3) is 0.192. The number of anilines is 1. The number of nitrogens with one attached hydrogen (secondary N) is 2. The number of urea groups is 1. The van der Waals surface area contributed by atoms with Crippen molar-refractivity contribution >= 4 is 35.1 Å². The van der Waals surface area contributed by atoms with E-state index in [1.54, 1.807) is 49.6 Å². The fourth-order valence-electron chi connectivity index (χ4n) is 4.53. The van der Waals surface area contributed by atoms with E-state index in [2.05, 4.69) is 10.6 Å². The molecule has 1 atom stereocenters. The summed E-state index contributed by atoms with van der Waals surface area (Å²) in [5.74, 6) is 0.575. The van der Waals surface area contributed by atoms with Gasteiger partial charge in [0.05, 0.1) is 12.8 Å². The molecule has 2 aliphatic rings. The van der Waals surface area contributed by atoms with Gasteiger partial charge < -0.3 is 20.1 Å². The van der Waals surface area contributed by atoms with Gasteiger partial charge in [-0.3, -0.25) is 14.5 Å². The van der Waals surface area contributed by atoms with E-state index >= 15 is 0 Å². The Balaban J connectivity index is 1.32. The maximum Gasteiger partial charge on any atom is 0.325 e. The van der Waals surface area contributed by atoms with Crippen molar-refractivity contribution in [3.63, 3.8) is 0 Å². The molecule has 1 aliphatic heterocycles. The number of imide groups is 1. The Labute approximate surface area is 206 Å². The minimum Gasteiger partial charge on any atom is -0.497 e. The van der Waals surface area contributed by atoms with E-state index in [-0.39, 0.29) is 0 Å². The van der Waals surface area contributed by atoms with Gasteiger partial charge in [-0.25, -0.2) is 4.79 Å². The molecule has 5 rings (SSSR count). The zero-order valence-electron chi connectivity index (χ0n) is 18.8. The van der Waals surface area contributed by atoms with Gasteiger partial charge in [0, 0.05) is 5.02 Å². The molecule has 35 heavy (non-hydrogen) atoms. The maximum atomic E-state index is 13.3. The first-order chi connectivity index (χ1) is 16.9. The topological polar surface area (TPSA) is 97.0 Å². The van der Waals surface area contributed by atoms with Crippen molar-refractivity contribution < 1.29 is 23.9 Å². The summed E-state index contributed by atoms with van der Waals surface area (Å²) in [5.41, 5.74) is 0.997. The Morgan fingerprint density at radius 2 is 1.83 bits per heavy atom. The monoisotopic (exact) mass is 491 g/mol. The highest BCUT2D eigenvalue weighted by Gasteiger charge is 2.55. The molecule has 1 unspecified atom stereocenters. The van der Waals surface area contributed by atoms with Crippen LogP contribution < -0.4 is 20.1 Å².